The minimum atomic E-state index is -0.418. The van der Waals surface area contributed by atoms with Crippen molar-refractivity contribution in [2.45, 2.75) is 11.1 Å². The molecule has 0 aliphatic carbocycles. The number of benzene rings is 1. The first-order valence-electron chi connectivity index (χ1n) is 7.65. The van der Waals surface area contributed by atoms with Crippen LogP contribution in [0.2, 0.25) is 0 Å². The summed E-state index contributed by atoms with van der Waals surface area (Å²) in [5.41, 5.74) is 7.64. The van der Waals surface area contributed by atoms with Crippen molar-refractivity contribution in [3.05, 3.63) is 47.7 Å². The topological polar surface area (TPSA) is 105 Å². The molecule has 0 saturated heterocycles. The highest BCUT2D eigenvalue weighted by atomic mass is 32.2. The summed E-state index contributed by atoms with van der Waals surface area (Å²) in [7, 11) is 0. The molecule has 2 aromatic rings. The summed E-state index contributed by atoms with van der Waals surface area (Å²) in [5, 5.41) is 3.10. The van der Waals surface area contributed by atoms with Crippen molar-refractivity contribution in [3.63, 3.8) is 0 Å². The number of thioether (sulfide) groups is 1. The highest BCUT2D eigenvalue weighted by Crippen LogP contribution is 2.33. The van der Waals surface area contributed by atoms with Crippen LogP contribution < -0.4 is 11.1 Å². The number of nitrogens with two attached hydrogens (primary N) is 1. The second-order valence-corrected chi connectivity index (χ2v) is 7.82. The molecule has 0 saturated carbocycles. The minimum Gasteiger partial charge on any atom is -0.369 e. The molecule has 134 valence electrons. The van der Waals surface area contributed by atoms with E-state index in [4.69, 9.17) is 5.73 Å². The number of aryl methyl sites for hydroxylation is 1. The molecule has 3 amide bonds. The third kappa shape index (κ3) is 3.63. The zero-order valence-electron chi connectivity index (χ0n) is 13.9. The molecule has 0 radical (unpaired) electrons. The Morgan fingerprint density at radius 1 is 1.35 bits per heavy atom. The van der Waals surface area contributed by atoms with E-state index in [1.807, 2.05) is 6.07 Å². The van der Waals surface area contributed by atoms with Gasteiger partial charge < -0.3 is 11.1 Å². The molecule has 1 aliphatic rings. The lowest BCUT2D eigenvalue weighted by Crippen LogP contribution is -2.32. The zero-order valence-corrected chi connectivity index (χ0v) is 15.6. The quantitative estimate of drug-likeness (QED) is 0.737. The van der Waals surface area contributed by atoms with E-state index >= 15 is 0 Å². The predicted octanol–water partition coefficient (Wildman–Crippen LogP) is 2.09. The molecule has 9 heteroatoms. The van der Waals surface area contributed by atoms with Gasteiger partial charge in [-0.25, -0.2) is 4.98 Å². The number of nitrogens with zero attached hydrogens (tertiary/aromatic N) is 2. The fraction of sp³-hybridized carbons (Fsp3) is 0.176. The van der Waals surface area contributed by atoms with Crippen LogP contribution in [0.1, 0.15) is 21.6 Å². The number of nitrogens with one attached hydrogen (secondary N) is 1. The SMILES string of the molecule is C=C1c2ccccc2C(=O)N1CC(=O)Nc1nc(C)c(SCC(N)=O)s1. The monoisotopic (exact) mass is 388 g/mol. The summed E-state index contributed by atoms with van der Waals surface area (Å²) in [6.07, 6.45) is 0. The molecule has 0 unspecified atom stereocenters. The lowest BCUT2D eigenvalue weighted by molar-refractivity contribution is -0.116. The molecule has 3 rings (SSSR count). The lowest BCUT2D eigenvalue weighted by atomic mass is 10.1. The van der Waals surface area contributed by atoms with Crippen molar-refractivity contribution in [2.75, 3.05) is 17.6 Å². The van der Waals surface area contributed by atoms with Gasteiger partial charge in [0.1, 0.15) is 6.54 Å². The van der Waals surface area contributed by atoms with Gasteiger partial charge in [0.05, 0.1) is 15.7 Å². The number of aromatic nitrogens is 1. The van der Waals surface area contributed by atoms with Crippen LogP contribution in [0.5, 0.6) is 0 Å². The van der Waals surface area contributed by atoms with Gasteiger partial charge in [0.15, 0.2) is 5.13 Å². The Balaban J connectivity index is 1.65. The van der Waals surface area contributed by atoms with E-state index in [1.165, 1.54) is 28.0 Å². The Bertz CT molecular complexity index is 887. The van der Waals surface area contributed by atoms with Gasteiger partial charge in [-0.2, -0.15) is 0 Å². The first-order valence-corrected chi connectivity index (χ1v) is 9.45. The first-order chi connectivity index (χ1) is 12.4. The minimum absolute atomic E-state index is 0.144. The summed E-state index contributed by atoms with van der Waals surface area (Å²) < 4.78 is 0.813. The molecule has 2 heterocycles. The molecule has 1 aliphatic heterocycles. The van der Waals surface area contributed by atoms with Crippen LogP contribution in [0.25, 0.3) is 5.70 Å². The average Bonchev–Trinajstić information content (AvgIpc) is 3.06. The molecule has 0 fully saturated rings. The fourth-order valence-corrected chi connectivity index (χ4v) is 4.40. The molecule has 1 aromatic heterocycles. The Kier molecular flexibility index (Phi) is 5.10. The van der Waals surface area contributed by atoms with Crippen molar-refractivity contribution < 1.29 is 14.4 Å². The summed E-state index contributed by atoms with van der Waals surface area (Å²) in [4.78, 5) is 41.3. The van der Waals surface area contributed by atoms with Crippen LogP contribution in [-0.4, -0.2) is 39.9 Å². The third-order valence-corrected chi connectivity index (χ3v) is 6.14. The number of anilines is 1. The summed E-state index contributed by atoms with van der Waals surface area (Å²) in [6.45, 7) is 5.56. The van der Waals surface area contributed by atoms with Crippen molar-refractivity contribution in [3.8, 4) is 0 Å². The standard InChI is InChI=1S/C17H16N4O3S2/c1-9-16(25-8-13(18)22)26-17(19-9)20-14(23)7-21-10(2)11-5-3-4-6-12(11)15(21)24/h3-6H,2,7-8H2,1H3,(H2,18,22)(H,19,20,23). The van der Waals surface area contributed by atoms with Gasteiger partial charge in [-0.05, 0) is 13.0 Å². The highest BCUT2D eigenvalue weighted by molar-refractivity contribution is 8.01. The molecule has 0 atom stereocenters. The van der Waals surface area contributed by atoms with E-state index in [1.54, 1.807) is 25.1 Å². The second-order valence-electron chi connectivity index (χ2n) is 5.58. The number of hydrogen-bond acceptors (Lipinski definition) is 6. The Morgan fingerprint density at radius 3 is 2.69 bits per heavy atom. The third-order valence-electron chi connectivity index (χ3n) is 3.69. The molecule has 0 spiro atoms. The van der Waals surface area contributed by atoms with Gasteiger partial charge in [-0.1, -0.05) is 36.1 Å². The van der Waals surface area contributed by atoms with Crippen LogP contribution in [0.3, 0.4) is 0 Å². The number of amides is 3. The molecule has 7 nitrogen and oxygen atoms in total. The van der Waals surface area contributed by atoms with Gasteiger partial charge in [-0.3, -0.25) is 19.3 Å². The highest BCUT2D eigenvalue weighted by Gasteiger charge is 2.32. The average molecular weight is 388 g/mol. The fourth-order valence-electron chi connectivity index (χ4n) is 2.51. The Labute approximate surface area is 158 Å². The van der Waals surface area contributed by atoms with Crippen LogP contribution in [0.15, 0.2) is 35.1 Å². The van der Waals surface area contributed by atoms with Crippen LogP contribution in [0.4, 0.5) is 5.13 Å². The molecule has 0 bridgehead atoms. The summed E-state index contributed by atoms with van der Waals surface area (Å²) in [6, 6.07) is 7.12. The molecular formula is C17H16N4O3S2. The van der Waals surface area contributed by atoms with Crippen LogP contribution >= 0.6 is 23.1 Å². The maximum atomic E-state index is 12.4. The van der Waals surface area contributed by atoms with Gasteiger partial charge >= 0.3 is 0 Å². The van der Waals surface area contributed by atoms with E-state index in [0.29, 0.717) is 22.1 Å². The van der Waals surface area contributed by atoms with Crippen molar-refractivity contribution in [1.82, 2.24) is 9.88 Å². The van der Waals surface area contributed by atoms with Crippen molar-refractivity contribution in [1.29, 1.82) is 0 Å². The molecule has 3 N–H and O–H groups in total. The van der Waals surface area contributed by atoms with Gasteiger partial charge in [-0.15, -0.1) is 11.8 Å². The number of rotatable bonds is 6. The number of primary amides is 1. The number of carbonyl (C=O) groups is 3. The summed E-state index contributed by atoms with van der Waals surface area (Å²) in [5.74, 6) is -0.878. The predicted molar refractivity (Wildman–Crippen MR) is 102 cm³/mol. The van der Waals surface area contributed by atoms with E-state index in [-0.39, 0.29) is 24.1 Å². The normalized spacial score (nSPS) is 13.0. The number of hydrogen-bond donors (Lipinski definition) is 2. The maximum absolute atomic E-state index is 12.4. The second kappa shape index (κ2) is 7.30. The number of carbonyl (C=O) groups excluding carboxylic acids is 3. The van der Waals surface area contributed by atoms with Gasteiger partial charge in [0.2, 0.25) is 11.8 Å². The number of fused-ring (bicyclic) bond motifs is 1. The van der Waals surface area contributed by atoms with Gasteiger partial charge in [0, 0.05) is 16.8 Å². The summed E-state index contributed by atoms with van der Waals surface area (Å²) >= 11 is 2.54. The largest absolute Gasteiger partial charge is 0.369 e. The molecular weight excluding hydrogens is 372 g/mol. The van der Waals surface area contributed by atoms with E-state index in [9.17, 15) is 14.4 Å². The maximum Gasteiger partial charge on any atom is 0.259 e. The van der Waals surface area contributed by atoms with Crippen LogP contribution in [0, 0.1) is 6.92 Å². The first kappa shape index (κ1) is 18.2. The van der Waals surface area contributed by atoms with Crippen molar-refractivity contribution in [2.24, 2.45) is 5.73 Å². The molecule has 1 aromatic carbocycles. The van der Waals surface area contributed by atoms with Crippen molar-refractivity contribution >= 4 is 51.6 Å². The van der Waals surface area contributed by atoms with E-state index < -0.39 is 5.91 Å². The smallest absolute Gasteiger partial charge is 0.259 e. The Morgan fingerprint density at radius 2 is 2.04 bits per heavy atom. The Hall–Kier alpha value is -2.65. The lowest BCUT2D eigenvalue weighted by Gasteiger charge is -2.16. The molecule has 26 heavy (non-hydrogen) atoms. The van der Waals surface area contributed by atoms with Crippen LogP contribution in [-0.2, 0) is 9.59 Å². The van der Waals surface area contributed by atoms with E-state index in [0.717, 1.165) is 9.77 Å². The van der Waals surface area contributed by atoms with E-state index in [2.05, 4.69) is 16.9 Å². The zero-order chi connectivity index (χ0) is 18.8. The van der Waals surface area contributed by atoms with Gasteiger partial charge in [0.25, 0.3) is 5.91 Å². The number of thiazole rings is 1.